The summed E-state index contributed by atoms with van der Waals surface area (Å²) in [5.41, 5.74) is 5.18. The number of nitrogens with two attached hydrogens (primary N) is 1. The molecular weight excluding hydrogens is 433 g/mol. The summed E-state index contributed by atoms with van der Waals surface area (Å²) in [4.78, 5) is 47.1. The van der Waals surface area contributed by atoms with Gasteiger partial charge in [-0.1, -0.05) is 0 Å². The van der Waals surface area contributed by atoms with Crippen LogP contribution in [0.3, 0.4) is 0 Å². The summed E-state index contributed by atoms with van der Waals surface area (Å²) >= 11 is 0. The molecule has 3 atom stereocenters. The predicted molar refractivity (Wildman–Crippen MR) is 107 cm³/mol. The molecule has 13 nitrogen and oxygen atoms in total. The van der Waals surface area contributed by atoms with Crippen molar-refractivity contribution in [1.29, 1.82) is 0 Å². The number of Topliss-reactive ketones (excluding diaryl/α,β-unsaturated/α-hetero) is 1. The molecule has 0 saturated heterocycles. The number of hydrogen-bond donors (Lipinski definition) is 2. The van der Waals surface area contributed by atoms with Crippen LogP contribution in [0.2, 0.25) is 0 Å². The summed E-state index contributed by atoms with van der Waals surface area (Å²) in [5, 5.41) is 0. The fraction of sp³-hybridized carbons (Fsp3) is 0.588. The number of H-pyrrole nitrogens is 1. The fourth-order valence-electron chi connectivity index (χ4n) is 3.44. The minimum atomic E-state index is -3.60. The number of esters is 1. The highest BCUT2D eigenvalue weighted by Crippen LogP contribution is 2.49. The van der Waals surface area contributed by atoms with Gasteiger partial charge in [0, 0.05) is 13.3 Å². The van der Waals surface area contributed by atoms with Gasteiger partial charge in [-0.15, -0.1) is 0 Å². The second-order valence-electron chi connectivity index (χ2n) is 6.74. The van der Waals surface area contributed by atoms with E-state index in [9.17, 15) is 18.9 Å². The van der Waals surface area contributed by atoms with Crippen LogP contribution in [0, 0.1) is 0 Å². The van der Waals surface area contributed by atoms with Crippen molar-refractivity contribution in [3.8, 4) is 0 Å². The summed E-state index contributed by atoms with van der Waals surface area (Å²) in [7, 11) is -3.60. The minimum Gasteiger partial charge on any atom is -0.459 e. The molecule has 0 radical (unpaired) electrons. The van der Waals surface area contributed by atoms with E-state index in [0.29, 0.717) is 0 Å². The summed E-state index contributed by atoms with van der Waals surface area (Å²) in [5.74, 6) is -1.21. The Morgan fingerprint density at radius 1 is 1.32 bits per heavy atom. The molecule has 0 aromatic carbocycles. The number of carbonyl (C=O) groups excluding carboxylic acids is 2. The van der Waals surface area contributed by atoms with Gasteiger partial charge in [0.25, 0.3) is 5.56 Å². The zero-order valence-electron chi connectivity index (χ0n) is 17.3. The molecule has 2 aromatic heterocycles. The van der Waals surface area contributed by atoms with Crippen LogP contribution < -0.4 is 11.3 Å². The first-order valence-electron chi connectivity index (χ1n) is 9.62. The number of nitrogen functional groups attached to an aromatic ring is 1. The van der Waals surface area contributed by atoms with Crippen molar-refractivity contribution in [2.45, 2.75) is 45.4 Å². The zero-order chi connectivity index (χ0) is 22.8. The van der Waals surface area contributed by atoms with Gasteiger partial charge in [-0.3, -0.25) is 23.9 Å². The van der Waals surface area contributed by atoms with Gasteiger partial charge >= 0.3 is 13.6 Å². The Kier molecular flexibility index (Phi) is 6.90. The fourth-order valence-corrected chi connectivity index (χ4v) is 4.80. The quantitative estimate of drug-likeness (QED) is 0.401. The molecule has 0 spiro atoms. The van der Waals surface area contributed by atoms with Gasteiger partial charge in [0.05, 0.1) is 19.5 Å². The molecule has 2 heterocycles. The first kappa shape index (κ1) is 23.1. The number of fused-ring (bicyclic) bond motifs is 1. The molecule has 0 amide bonds. The maximum Gasteiger partial charge on any atom is 0.356 e. The first-order valence-corrected chi connectivity index (χ1v) is 11.3. The van der Waals surface area contributed by atoms with Crippen LogP contribution in [-0.2, 0) is 32.7 Å². The Bertz CT molecular complexity index is 1070. The highest BCUT2D eigenvalue weighted by molar-refractivity contribution is 7.53. The number of rotatable bonds is 9. The van der Waals surface area contributed by atoms with E-state index < -0.39 is 49.5 Å². The third-order valence-electron chi connectivity index (χ3n) is 4.57. The SMILES string of the molecule is CCOP(=O)(CO[C@H]1C(=O)[C@@H](n2cnc3c(=O)[nH]c(N)nc32)C[C@H]1OC(C)=O)OCC. The molecule has 0 bridgehead atoms. The highest BCUT2D eigenvalue weighted by atomic mass is 31.2. The molecular formula is C17H24N5O8P. The molecule has 31 heavy (non-hydrogen) atoms. The van der Waals surface area contributed by atoms with Gasteiger partial charge < -0.3 is 28.8 Å². The lowest BCUT2D eigenvalue weighted by molar-refractivity contribution is -0.153. The molecule has 1 aliphatic carbocycles. The lowest BCUT2D eigenvalue weighted by atomic mass is 10.2. The van der Waals surface area contributed by atoms with Crippen LogP contribution in [0.15, 0.2) is 11.1 Å². The Morgan fingerprint density at radius 2 is 2.00 bits per heavy atom. The topological polar surface area (TPSA) is 178 Å². The second-order valence-corrected chi connectivity index (χ2v) is 8.74. The van der Waals surface area contributed by atoms with Crippen molar-refractivity contribution in [2.75, 3.05) is 25.3 Å². The van der Waals surface area contributed by atoms with Crippen molar-refractivity contribution in [2.24, 2.45) is 0 Å². The van der Waals surface area contributed by atoms with E-state index in [1.165, 1.54) is 17.8 Å². The van der Waals surface area contributed by atoms with Gasteiger partial charge in [-0.25, -0.2) is 4.98 Å². The van der Waals surface area contributed by atoms with E-state index in [2.05, 4.69) is 15.0 Å². The van der Waals surface area contributed by atoms with E-state index in [4.69, 9.17) is 24.3 Å². The molecule has 2 aromatic rings. The molecule has 3 N–H and O–H groups in total. The van der Waals surface area contributed by atoms with Gasteiger partial charge in [0.15, 0.2) is 23.1 Å². The average molecular weight is 457 g/mol. The number of imidazole rings is 1. The number of ketones is 1. The first-order chi connectivity index (χ1) is 14.7. The van der Waals surface area contributed by atoms with E-state index in [-0.39, 0.29) is 36.7 Å². The van der Waals surface area contributed by atoms with Crippen LogP contribution in [0.4, 0.5) is 5.95 Å². The number of hydrogen-bond acceptors (Lipinski definition) is 11. The Labute approximate surface area is 176 Å². The monoisotopic (exact) mass is 457 g/mol. The van der Waals surface area contributed by atoms with Crippen molar-refractivity contribution in [1.82, 2.24) is 19.5 Å². The second kappa shape index (κ2) is 9.27. The summed E-state index contributed by atoms with van der Waals surface area (Å²) in [6, 6.07) is -0.897. The number of ether oxygens (including phenoxy) is 2. The highest BCUT2D eigenvalue weighted by Gasteiger charge is 2.47. The molecule has 1 fully saturated rings. The largest absolute Gasteiger partial charge is 0.459 e. The number of nitrogens with one attached hydrogen (secondary N) is 1. The number of anilines is 1. The number of nitrogens with zero attached hydrogens (tertiary/aromatic N) is 3. The summed E-state index contributed by atoms with van der Waals surface area (Å²) in [6.45, 7) is 4.74. The van der Waals surface area contributed by atoms with Gasteiger partial charge in [-0.2, -0.15) is 4.98 Å². The Balaban J connectivity index is 1.90. The van der Waals surface area contributed by atoms with Crippen LogP contribution >= 0.6 is 7.60 Å². The molecule has 0 unspecified atom stereocenters. The van der Waals surface area contributed by atoms with Crippen LogP contribution in [0.5, 0.6) is 0 Å². The van der Waals surface area contributed by atoms with E-state index in [1.807, 2.05) is 0 Å². The van der Waals surface area contributed by atoms with Crippen molar-refractivity contribution in [3.05, 3.63) is 16.7 Å². The maximum absolute atomic E-state index is 13.2. The molecule has 0 aliphatic heterocycles. The van der Waals surface area contributed by atoms with Crippen LogP contribution in [0.25, 0.3) is 11.2 Å². The third kappa shape index (κ3) is 4.85. The number of aromatic nitrogens is 4. The normalized spacial score (nSPS) is 21.6. The molecule has 1 saturated carbocycles. The van der Waals surface area contributed by atoms with Crippen LogP contribution in [0.1, 0.15) is 33.2 Å². The van der Waals surface area contributed by atoms with E-state index >= 15 is 0 Å². The van der Waals surface area contributed by atoms with Crippen LogP contribution in [-0.4, -0.2) is 63.0 Å². The smallest absolute Gasteiger partial charge is 0.356 e. The number of carbonyl (C=O) groups is 2. The van der Waals surface area contributed by atoms with Crippen molar-refractivity contribution >= 4 is 36.5 Å². The lowest BCUT2D eigenvalue weighted by Gasteiger charge is -2.22. The molecule has 1 aliphatic rings. The standard InChI is InChI=1S/C17H24N5O8P/c1-4-28-31(26,29-5-2)8-27-14-11(30-9(3)23)6-10(13(14)24)22-7-19-12-15(22)20-17(18)21-16(12)25/h7,10-11,14H,4-6,8H2,1-3H3,(H3,18,20,21,25)/t10-,11+,14+/m0/s1. The molecule has 3 rings (SSSR count). The number of aromatic amines is 1. The maximum atomic E-state index is 13.2. The minimum absolute atomic E-state index is 0.00703. The van der Waals surface area contributed by atoms with Gasteiger partial charge in [0.2, 0.25) is 5.95 Å². The predicted octanol–water partition coefficient (Wildman–Crippen LogP) is 0.756. The molecule has 170 valence electrons. The molecule has 14 heteroatoms. The Hall–Kier alpha value is -2.60. The van der Waals surface area contributed by atoms with Gasteiger partial charge in [0.1, 0.15) is 18.5 Å². The zero-order valence-corrected chi connectivity index (χ0v) is 18.2. The average Bonchev–Trinajstić information content (AvgIpc) is 3.21. The third-order valence-corrected chi connectivity index (χ3v) is 6.34. The summed E-state index contributed by atoms with van der Waals surface area (Å²) in [6.07, 6.45) is -1.35. The van der Waals surface area contributed by atoms with E-state index in [1.54, 1.807) is 13.8 Å². The lowest BCUT2D eigenvalue weighted by Crippen LogP contribution is -2.33. The van der Waals surface area contributed by atoms with Crippen molar-refractivity contribution in [3.63, 3.8) is 0 Å². The van der Waals surface area contributed by atoms with Crippen molar-refractivity contribution < 1.29 is 32.7 Å². The van der Waals surface area contributed by atoms with Gasteiger partial charge in [-0.05, 0) is 13.8 Å². The summed E-state index contributed by atoms with van der Waals surface area (Å²) < 4.78 is 35.3. The Morgan fingerprint density at radius 3 is 2.61 bits per heavy atom. The van der Waals surface area contributed by atoms with E-state index in [0.717, 1.165) is 0 Å².